The smallest absolute Gasteiger partial charge is 0.333 e. The summed E-state index contributed by atoms with van der Waals surface area (Å²) in [7, 11) is -4.67. The van der Waals surface area contributed by atoms with Crippen LogP contribution in [-0.4, -0.2) is 59.2 Å². The molecular weight excluding hydrogens is 711 g/mol. The molecule has 15 heteroatoms. The van der Waals surface area contributed by atoms with Crippen LogP contribution in [0.4, 0.5) is 11.4 Å². The molecule has 0 unspecified atom stereocenters. The lowest BCUT2D eigenvalue weighted by Crippen LogP contribution is -2.31. The third-order valence-corrected chi connectivity index (χ3v) is 11.1. The first kappa shape index (κ1) is 39.1. The van der Waals surface area contributed by atoms with Crippen molar-refractivity contribution in [3.8, 4) is 0 Å². The fourth-order valence-electron chi connectivity index (χ4n) is 7.03. The highest BCUT2D eigenvalue weighted by Gasteiger charge is 2.44. The average molecular weight is 753 g/mol. The quantitative estimate of drug-likeness (QED) is 0.0342. The maximum absolute atomic E-state index is 12.3. The van der Waals surface area contributed by atoms with Crippen molar-refractivity contribution in [3.05, 3.63) is 83.6 Å². The molecule has 0 aromatic heterocycles. The Morgan fingerprint density at radius 1 is 0.962 bits per heavy atom. The number of nitrogens with zero attached hydrogens (tertiary/aromatic N) is 3. The van der Waals surface area contributed by atoms with Crippen LogP contribution in [0, 0.1) is 0 Å². The standard InChI is InChI=1S/C37H43N3O10S2/c1-6-38-29-18-16-25(51-50-49-44)23-27(29)36(2,3)31(38)13-9-7-10-14-32-37(4,5)28-24-26(52(45,46)47)17-19-30(28)39(32)22-12-8-11-15-35(43)48-40-33(41)20-21-34(40)42/h7,9-10,13-14,16-19,23-24H,6,8,11-12,15,20-22H2,1-5H3,(H-,44,45,46,47)/p-1. The molecule has 52 heavy (non-hydrogen) atoms. The van der Waals surface area contributed by atoms with Gasteiger partial charge in [0.25, 0.3) is 11.8 Å². The number of likely N-dealkylation sites (N-methyl/N-ethyl adjacent to an activating group) is 1. The van der Waals surface area contributed by atoms with Crippen molar-refractivity contribution in [3.63, 3.8) is 0 Å². The van der Waals surface area contributed by atoms with Crippen molar-refractivity contribution in [1.82, 2.24) is 5.06 Å². The number of benzene rings is 2. The molecule has 278 valence electrons. The molecule has 0 aliphatic carbocycles. The number of unbranched alkanes of at least 4 members (excludes halogenated alkanes) is 2. The molecule has 0 bridgehead atoms. The second-order valence-electron chi connectivity index (χ2n) is 13.7. The average Bonchev–Trinajstić information content (AvgIpc) is 3.61. The summed E-state index contributed by atoms with van der Waals surface area (Å²) in [5, 5.41) is 14.4. The van der Waals surface area contributed by atoms with Gasteiger partial charge in [-0.3, -0.25) is 14.6 Å². The minimum Gasteiger partial charge on any atom is -0.744 e. The molecule has 0 radical (unpaired) electrons. The predicted octanol–water partition coefficient (Wildman–Crippen LogP) is 5.18. The van der Waals surface area contributed by atoms with E-state index in [1.54, 1.807) is 6.07 Å². The Hall–Kier alpha value is -4.12. The van der Waals surface area contributed by atoms with Crippen molar-refractivity contribution in [2.45, 2.75) is 93.8 Å². The molecule has 0 spiro atoms. The fourth-order valence-corrected chi connectivity index (χ4v) is 7.92. The van der Waals surface area contributed by atoms with Crippen LogP contribution in [0.1, 0.15) is 84.3 Å². The zero-order chi connectivity index (χ0) is 37.8. The number of hydrogen-bond donors (Lipinski definition) is 0. The van der Waals surface area contributed by atoms with E-state index >= 15 is 0 Å². The van der Waals surface area contributed by atoms with Crippen LogP contribution >= 0.6 is 12.0 Å². The highest BCUT2D eigenvalue weighted by molar-refractivity contribution is 7.94. The Morgan fingerprint density at radius 3 is 2.37 bits per heavy atom. The lowest BCUT2D eigenvalue weighted by molar-refractivity contribution is -0.777. The maximum Gasteiger partial charge on any atom is 0.333 e. The first-order valence-electron chi connectivity index (χ1n) is 17.0. The molecule has 2 amide bonds. The van der Waals surface area contributed by atoms with Gasteiger partial charge < -0.3 is 19.5 Å². The first-order chi connectivity index (χ1) is 24.6. The molecule has 13 nitrogen and oxygen atoms in total. The van der Waals surface area contributed by atoms with Gasteiger partial charge >= 0.3 is 5.97 Å². The Bertz CT molecular complexity index is 1970. The number of hydrogen-bond acceptors (Lipinski definition) is 12. The van der Waals surface area contributed by atoms with Gasteiger partial charge in [-0.1, -0.05) is 32.1 Å². The van der Waals surface area contributed by atoms with Crippen LogP contribution in [0.25, 0.3) is 0 Å². The molecule has 0 atom stereocenters. The minimum absolute atomic E-state index is 0.0341. The molecule has 3 heterocycles. The zero-order valence-electron chi connectivity index (χ0n) is 29.7. The number of allylic oxidation sites excluding steroid dienone is 6. The summed E-state index contributed by atoms with van der Waals surface area (Å²) in [6, 6.07) is 10.3. The van der Waals surface area contributed by atoms with Gasteiger partial charge in [0.15, 0.2) is 5.71 Å². The number of carbonyl (C=O) groups is 3. The van der Waals surface area contributed by atoms with Crippen molar-refractivity contribution >= 4 is 57.0 Å². The van der Waals surface area contributed by atoms with E-state index < -0.39 is 33.3 Å². The third kappa shape index (κ3) is 8.09. The SMILES string of the molecule is CCN1/C(=C/C=C/C=C/C2=[N+](CCCCCC(=O)ON3C(=O)CCC3=O)c3ccc(S(=O)(=O)[O-])cc3C2(C)C)C(C)(C)c2cc(SOO[O-])ccc21. The van der Waals surface area contributed by atoms with Gasteiger partial charge in [-0.25, -0.2) is 13.2 Å². The van der Waals surface area contributed by atoms with Crippen molar-refractivity contribution in [2.24, 2.45) is 0 Å². The van der Waals surface area contributed by atoms with Crippen LogP contribution in [0.3, 0.4) is 0 Å². The van der Waals surface area contributed by atoms with Gasteiger partial charge in [-0.15, -0.1) is 5.06 Å². The van der Waals surface area contributed by atoms with Gasteiger partial charge in [0, 0.05) is 71.6 Å². The number of hydroxylamine groups is 2. The highest BCUT2D eigenvalue weighted by atomic mass is 32.2. The molecule has 3 aliphatic heterocycles. The lowest BCUT2D eigenvalue weighted by atomic mass is 9.81. The maximum atomic E-state index is 12.3. The predicted molar refractivity (Wildman–Crippen MR) is 190 cm³/mol. The highest BCUT2D eigenvalue weighted by Crippen LogP contribution is 2.49. The molecule has 2 aromatic rings. The van der Waals surface area contributed by atoms with E-state index in [-0.39, 0.29) is 29.6 Å². The third-order valence-electron chi connectivity index (χ3n) is 9.68. The zero-order valence-corrected chi connectivity index (χ0v) is 31.4. The molecule has 0 N–H and O–H groups in total. The van der Waals surface area contributed by atoms with Crippen LogP contribution in [0.2, 0.25) is 0 Å². The second-order valence-corrected chi connectivity index (χ2v) is 15.9. The second kappa shape index (κ2) is 15.9. The summed E-state index contributed by atoms with van der Waals surface area (Å²) in [4.78, 5) is 43.4. The van der Waals surface area contributed by atoms with E-state index in [2.05, 4.69) is 45.7 Å². The molecule has 0 saturated carbocycles. The summed E-state index contributed by atoms with van der Waals surface area (Å²) in [5.74, 6) is -1.68. The first-order valence-corrected chi connectivity index (χ1v) is 19.2. The van der Waals surface area contributed by atoms with Crippen LogP contribution in [0.5, 0.6) is 0 Å². The number of fused-ring (bicyclic) bond motifs is 2. The molecular formula is C37H42N3O10S2-. The van der Waals surface area contributed by atoms with Gasteiger partial charge in [0.05, 0.1) is 22.4 Å². The number of rotatable bonds is 15. The van der Waals surface area contributed by atoms with E-state index in [1.165, 1.54) is 12.1 Å². The van der Waals surface area contributed by atoms with E-state index in [4.69, 9.17) is 4.84 Å². The van der Waals surface area contributed by atoms with Gasteiger partial charge in [0.2, 0.25) is 5.69 Å². The lowest BCUT2D eigenvalue weighted by Gasteiger charge is -2.25. The number of anilines is 1. The van der Waals surface area contributed by atoms with Gasteiger partial charge in [-0.2, -0.15) is 8.91 Å². The Kier molecular flexibility index (Phi) is 11.9. The Labute approximate surface area is 308 Å². The number of imide groups is 1. The number of carbonyl (C=O) groups excluding carboxylic acids is 3. The summed E-state index contributed by atoms with van der Waals surface area (Å²) in [6.07, 6.45) is 11.8. The van der Waals surface area contributed by atoms with Crippen molar-refractivity contribution in [2.75, 3.05) is 18.0 Å². The summed E-state index contributed by atoms with van der Waals surface area (Å²) in [6.45, 7) is 11.6. The van der Waals surface area contributed by atoms with Gasteiger partial charge in [-0.05, 0) is 75.6 Å². The normalized spacial score (nSPS) is 18.8. The van der Waals surface area contributed by atoms with Gasteiger partial charge in [0.1, 0.15) is 16.7 Å². The monoisotopic (exact) mass is 752 g/mol. The fraction of sp³-hybridized carbons (Fsp3) is 0.405. The van der Waals surface area contributed by atoms with Crippen LogP contribution in [-0.2, 0) is 49.5 Å². The Morgan fingerprint density at radius 2 is 1.69 bits per heavy atom. The molecule has 3 aliphatic rings. The van der Waals surface area contributed by atoms with Crippen LogP contribution in [0.15, 0.2) is 82.3 Å². The molecule has 2 aromatic carbocycles. The summed E-state index contributed by atoms with van der Waals surface area (Å²) < 4.78 is 42.4. The van der Waals surface area contributed by atoms with Crippen LogP contribution < -0.4 is 10.2 Å². The summed E-state index contributed by atoms with van der Waals surface area (Å²) >= 11 is 0.857. The Balaban J connectivity index is 1.33. The van der Waals surface area contributed by atoms with E-state index in [1.807, 2.05) is 56.4 Å². The van der Waals surface area contributed by atoms with Crippen molar-refractivity contribution < 1.29 is 51.4 Å². The summed E-state index contributed by atoms with van der Waals surface area (Å²) in [5.41, 5.74) is 4.69. The van der Waals surface area contributed by atoms with E-state index in [0.29, 0.717) is 36.4 Å². The van der Waals surface area contributed by atoms with E-state index in [9.17, 15) is 32.6 Å². The van der Waals surface area contributed by atoms with E-state index in [0.717, 1.165) is 51.8 Å². The molecule has 1 fully saturated rings. The largest absolute Gasteiger partial charge is 0.744 e. The topological polar surface area (TPSA) is 169 Å². The molecule has 1 saturated heterocycles. The minimum atomic E-state index is -4.67. The van der Waals surface area contributed by atoms with Crippen molar-refractivity contribution in [1.29, 1.82) is 0 Å². The number of amides is 2. The molecule has 5 rings (SSSR count).